The summed E-state index contributed by atoms with van der Waals surface area (Å²) in [5, 5.41) is 22.9. The van der Waals surface area contributed by atoms with Gasteiger partial charge in [0.1, 0.15) is 0 Å². The van der Waals surface area contributed by atoms with E-state index >= 15 is 0 Å². The fraction of sp³-hybridized carbons (Fsp3) is 0.600. The van der Waals surface area contributed by atoms with Crippen molar-refractivity contribution < 1.29 is 14.9 Å². The van der Waals surface area contributed by atoms with Crippen molar-refractivity contribution in [1.29, 1.82) is 0 Å². The number of aliphatic hydroxyl groups is 1. The Bertz CT molecular complexity index is 380. The van der Waals surface area contributed by atoms with Gasteiger partial charge in [-0.15, -0.1) is 0 Å². The first-order valence-corrected chi connectivity index (χ1v) is 6.88. The van der Waals surface area contributed by atoms with Gasteiger partial charge >= 0.3 is 0 Å². The lowest BCUT2D eigenvalue weighted by molar-refractivity contribution is 0.116. The van der Waals surface area contributed by atoms with E-state index < -0.39 is 0 Å². The second kappa shape index (κ2) is 8.02. The van der Waals surface area contributed by atoms with Gasteiger partial charge < -0.3 is 20.3 Å². The van der Waals surface area contributed by atoms with Crippen LogP contribution in [-0.4, -0.2) is 29.5 Å². The summed E-state index contributed by atoms with van der Waals surface area (Å²) >= 11 is 0. The highest BCUT2D eigenvalue weighted by atomic mass is 16.5. The Morgan fingerprint density at radius 2 is 2.05 bits per heavy atom. The van der Waals surface area contributed by atoms with Gasteiger partial charge in [0.15, 0.2) is 11.5 Å². The third-order valence-electron chi connectivity index (χ3n) is 3.08. The highest BCUT2D eigenvalue weighted by molar-refractivity contribution is 5.45. The van der Waals surface area contributed by atoms with Crippen LogP contribution in [0.25, 0.3) is 0 Å². The molecule has 0 amide bonds. The number of aromatic hydroxyl groups is 1. The first kappa shape index (κ1) is 15.8. The highest BCUT2D eigenvalue weighted by Crippen LogP contribution is 2.29. The molecule has 1 aromatic rings. The molecule has 1 unspecified atom stereocenters. The predicted octanol–water partition coefficient (Wildman–Crippen LogP) is 2.29. The van der Waals surface area contributed by atoms with Crippen LogP contribution >= 0.6 is 0 Å². The molecule has 0 radical (unpaired) electrons. The van der Waals surface area contributed by atoms with Gasteiger partial charge in [-0.1, -0.05) is 26.0 Å². The predicted molar refractivity (Wildman–Crippen MR) is 76.4 cm³/mol. The molecule has 0 fully saturated rings. The first-order valence-electron chi connectivity index (χ1n) is 6.88. The van der Waals surface area contributed by atoms with Gasteiger partial charge in [0.2, 0.25) is 0 Å². The lowest BCUT2D eigenvalue weighted by Gasteiger charge is -2.15. The highest BCUT2D eigenvalue weighted by Gasteiger charge is 2.09. The molecule has 19 heavy (non-hydrogen) atoms. The normalized spacial score (nSPS) is 12.7. The number of ether oxygens (including phenoxy) is 1. The van der Waals surface area contributed by atoms with Crippen LogP contribution in [0.15, 0.2) is 18.2 Å². The molecule has 1 atom stereocenters. The molecule has 0 spiro atoms. The molecule has 0 bridgehead atoms. The maximum absolute atomic E-state index is 10.0. The molecule has 3 N–H and O–H groups in total. The molecular weight excluding hydrogens is 242 g/mol. The van der Waals surface area contributed by atoms with Gasteiger partial charge in [-0.05, 0) is 31.9 Å². The largest absolute Gasteiger partial charge is 0.504 e. The van der Waals surface area contributed by atoms with Crippen LogP contribution in [0.3, 0.4) is 0 Å². The molecule has 1 aromatic carbocycles. The molecule has 1 rings (SSSR count). The Morgan fingerprint density at radius 3 is 2.68 bits per heavy atom. The van der Waals surface area contributed by atoms with E-state index in [2.05, 4.69) is 5.32 Å². The Labute approximate surface area is 115 Å². The zero-order chi connectivity index (χ0) is 14.3. The Balaban J connectivity index is 2.43. The summed E-state index contributed by atoms with van der Waals surface area (Å²) in [4.78, 5) is 0. The van der Waals surface area contributed by atoms with E-state index in [1.165, 1.54) is 0 Å². The third kappa shape index (κ3) is 5.09. The van der Waals surface area contributed by atoms with Crippen molar-refractivity contribution in [2.24, 2.45) is 5.92 Å². The van der Waals surface area contributed by atoms with Crippen molar-refractivity contribution in [3.05, 3.63) is 23.8 Å². The summed E-state index contributed by atoms with van der Waals surface area (Å²) in [5.41, 5.74) is 0.810. The molecule has 4 nitrogen and oxygen atoms in total. The monoisotopic (exact) mass is 267 g/mol. The Kier molecular flexibility index (Phi) is 6.67. The Hall–Kier alpha value is -1.26. The number of hydrogen-bond donors (Lipinski definition) is 3. The minimum atomic E-state index is -0.282. The van der Waals surface area contributed by atoms with Crippen LogP contribution in [0.2, 0.25) is 0 Å². The smallest absolute Gasteiger partial charge is 0.162 e. The van der Waals surface area contributed by atoms with E-state index in [1.807, 2.05) is 32.9 Å². The maximum atomic E-state index is 10.0. The van der Waals surface area contributed by atoms with Crippen molar-refractivity contribution in [2.45, 2.75) is 39.8 Å². The fourth-order valence-electron chi connectivity index (χ4n) is 1.79. The summed E-state index contributed by atoms with van der Waals surface area (Å²) in [5.74, 6) is 0.988. The molecule has 0 aliphatic heterocycles. The quantitative estimate of drug-likeness (QED) is 0.632. The molecule has 0 saturated carbocycles. The van der Waals surface area contributed by atoms with Crippen molar-refractivity contribution in [3.8, 4) is 11.5 Å². The fourth-order valence-corrected chi connectivity index (χ4v) is 1.79. The second-order valence-corrected chi connectivity index (χ2v) is 4.97. The molecule has 0 aliphatic carbocycles. The number of benzene rings is 1. The van der Waals surface area contributed by atoms with Crippen molar-refractivity contribution in [2.75, 3.05) is 13.2 Å². The minimum absolute atomic E-state index is 0.196. The van der Waals surface area contributed by atoms with E-state index in [1.54, 1.807) is 6.07 Å². The number of rotatable bonds is 8. The molecule has 0 saturated heterocycles. The number of hydrogen-bond acceptors (Lipinski definition) is 4. The molecular formula is C15H25NO3. The van der Waals surface area contributed by atoms with Crippen LogP contribution in [0, 0.1) is 5.92 Å². The van der Waals surface area contributed by atoms with Crippen molar-refractivity contribution in [3.63, 3.8) is 0 Å². The van der Waals surface area contributed by atoms with E-state index in [-0.39, 0.29) is 17.8 Å². The Morgan fingerprint density at radius 1 is 1.32 bits per heavy atom. The average Bonchev–Trinajstić information content (AvgIpc) is 2.38. The topological polar surface area (TPSA) is 61.7 Å². The van der Waals surface area contributed by atoms with Crippen LogP contribution < -0.4 is 10.1 Å². The molecule has 0 aromatic heterocycles. The van der Waals surface area contributed by atoms with E-state index in [9.17, 15) is 10.2 Å². The van der Waals surface area contributed by atoms with Gasteiger partial charge in [-0.25, -0.2) is 0 Å². The van der Waals surface area contributed by atoms with Gasteiger partial charge in [0, 0.05) is 12.1 Å². The minimum Gasteiger partial charge on any atom is -0.504 e. The summed E-state index contributed by atoms with van der Waals surface area (Å²) in [6, 6.07) is 5.49. The van der Waals surface area contributed by atoms with Crippen LogP contribution in [0.5, 0.6) is 11.5 Å². The standard InChI is InChI=1S/C15H25NO3/c1-4-19-14-7-5-6-12(15(14)18)10-16-9-8-13(17)11(2)3/h5-7,11,13,16-18H,4,8-10H2,1-3H3. The number of phenolic OH excluding ortho intramolecular Hbond substituents is 1. The van der Waals surface area contributed by atoms with Crippen LogP contribution in [0.4, 0.5) is 0 Å². The summed E-state index contributed by atoms with van der Waals surface area (Å²) < 4.78 is 5.34. The number of para-hydroxylation sites is 1. The summed E-state index contributed by atoms with van der Waals surface area (Å²) in [6.45, 7) is 7.71. The van der Waals surface area contributed by atoms with Gasteiger partial charge in [-0.2, -0.15) is 0 Å². The SMILES string of the molecule is CCOc1cccc(CNCCC(O)C(C)C)c1O. The lowest BCUT2D eigenvalue weighted by atomic mass is 10.0. The number of aliphatic hydroxyl groups excluding tert-OH is 1. The van der Waals surface area contributed by atoms with E-state index in [0.29, 0.717) is 25.3 Å². The summed E-state index contributed by atoms with van der Waals surface area (Å²) in [6.07, 6.45) is 0.430. The van der Waals surface area contributed by atoms with Gasteiger partial charge in [0.25, 0.3) is 0 Å². The summed E-state index contributed by atoms with van der Waals surface area (Å²) in [7, 11) is 0. The van der Waals surface area contributed by atoms with Gasteiger partial charge in [-0.3, -0.25) is 0 Å². The second-order valence-electron chi connectivity index (χ2n) is 4.97. The van der Waals surface area contributed by atoms with Crippen molar-refractivity contribution in [1.82, 2.24) is 5.32 Å². The third-order valence-corrected chi connectivity index (χ3v) is 3.08. The maximum Gasteiger partial charge on any atom is 0.162 e. The van der Waals surface area contributed by atoms with Crippen LogP contribution in [0.1, 0.15) is 32.8 Å². The number of nitrogens with one attached hydrogen (secondary N) is 1. The average molecular weight is 267 g/mol. The van der Waals surface area contributed by atoms with E-state index in [0.717, 1.165) is 12.1 Å². The molecule has 4 heteroatoms. The first-order chi connectivity index (χ1) is 9.06. The van der Waals surface area contributed by atoms with Crippen LogP contribution in [-0.2, 0) is 6.54 Å². The molecule has 108 valence electrons. The van der Waals surface area contributed by atoms with E-state index in [4.69, 9.17) is 4.74 Å². The zero-order valence-electron chi connectivity index (χ0n) is 12.0. The lowest BCUT2D eigenvalue weighted by Crippen LogP contribution is -2.23. The van der Waals surface area contributed by atoms with Crippen molar-refractivity contribution >= 4 is 0 Å². The van der Waals surface area contributed by atoms with Gasteiger partial charge in [0.05, 0.1) is 12.7 Å². The number of phenols is 1. The zero-order valence-corrected chi connectivity index (χ0v) is 12.0. The molecule has 0 aliphatic rings. The molecule has 0 heterocycles.